The number of aliphatic carboxylic acids is 1. The van der Waals surface area contributed by atoms with E-state index in [1.807, 2.05) is 18.2 Å². The van der Waals surface area contributed by atoms with E-state index in [1.165, 1.54) is 4.90 Å². The summed E-state index contributed by atoms with van der Waals surface area (Å²) in [5.74, 6) is -1.16. The van der Waals surface area contributed by atoms with Gasteiger partial charge in [0.1, 0.15) is 6.54 Å². The van der Waals surface area contributed by atoms with Crippen LogP contribution in [0.5, 0.6) is 0 Å². The number of aromatic amines is 1. The second-order valence-corrected chi connectivity index (χ2v) is 5.73. The van der Waals surface area contributed by atoms with Crippen molar-refractivity contribution in [3.8, 4) is 0 Å². The molecule has 23 heavy (non-hydrogen) atoms. The molecule has 1 fully saturated rings. The molecule has 1 saturated heterocycles. The van der Waals surface area contributed by atoms with Gasteiger partial charge in [-0.05, 0) is 24.5 Å². The smallest absolute Gasteiger partial charge is 0.323 e. The summed E-state index contributed by atoms with van der Waals surface area (Å²) >= 11 is 0. The van der Waals surface area contributed by atoms with E-state index < -0.39 is 5.97 Å². The molecule has 0 bridgehead atoms. The Kier molecular flexibility index (Phi) is 4.57. The van der Waals surface area contributed by atoms with Crippen LogP contribution in [0, 0.1) is 0 Å². The van der Waals surface area contributed by atoms with E-state index in [0.717, 1.165) is 16.5 Å². The topological polar surface area (TPSA) is 95.5 Å². The predicted molar refractivity (Wildman–Crippen MR) is 83.0 cm³/mol. The Hall–Kier alpha value is -2.41. The molecule has 3 rings (SSSR count). The number of hydrogen-bond donors (Lipinski definition) is 2. The van der Waals surface area contributed by atoms with Gasteiger partial charge in [0.25, 0.3) is 0 Å². The van der Waals surface area contributed by atoms with Crippen LogP contribution in [-0.2, 0) is 20.7 Å². The number of H-pyrrole nitrogens is 1. The Bertz CT molecular complexity index is 706. The lowest BCUT2D eigenvalue weighted by Gasteiger charge is -2.33. The average Bonchev–Trinajstić information content (AvgIpc) is 3.01. The van der Waals surface area contributed by atoms with Crippen LogP contribution in [0.25, 0.3) is 10.9 Å². The Morgan fingerprint density at radius 3 is 2.87 bits per heavy atom. The van der Waals surface area contributed by atoms with Gasteiger partial charge in [-0.2, -0.15) is 5.10 Å². The standard InChI is InChI=1S/C16H19N3O4/c20-15(8-11-1-2-12-9-17-18-14(12)7-11)19(10-16(21)22)13-3-5-23-6-4-13/h1-2,7,9,13H,3-6,8,10H2,(H,17,18)(H,21,22). The molecule has 1 aliphatic rings. The quantitative estimate of drug-likeness (QED) is 0.864. The zero-order valence-electron chi connectivity index (χ0n) is 12.7. The van der Waals surface area contributed by atoms with E-state index in [9.17, 15) is 9.59 Å². The fourth-order valence-corrected chi connectivity index (χ4v) is 2.93. The molecule has 1 aromatic carbocycles. The van der Waals surface area contributed by atoms with Gasteiger partial charge in [-0.25, -0.2) is 0 Å². The van der Waals surface area contributed by atoms with E-state index in [-0.39, 0.29) is 24.9 Å². The van der Waals surface area contributed by atoms with Crippen LogP contribution in [0.1, 0.15) is 18.4 Å². The monoisotopic (exact) mass is 317 g/mol. The highest BCUT2D eigenvalue weighted by atomic mass is 16.5. The Labute approximate surface area is 133 Å². The summed E-state index contributed by atoms with van der Waals surface area (Å²) in [5.41, 5.74) is 1.71. The van der Waals surface area contributed by atoms with Crippen molar-refractivity contribution in [1.29, 1.82) is 0 Å². The molecule has 0 unspecified atom stereocenters. The number of rotatable bonds is 5. The normalized spacial score (nSPS) is 15.7. The minimum Gasteiger partial charge on any atom is -0.480 e. The third-order valence-electron chi connectivity index (χ3n) is 4.12. The summed E-state index contributed by atoms with van der Waals surface area (Å²) in [6.07, 6.45) is 3.26. The van der Waals surface area contributed by atoms with Crippen LogP contribution in [0.15, 0.2) is 24.4 Å². The van der Waals surface area contributed by atoms with Crippen molar-refractivity contribution in [2.24, 2.45) is 0 Å². The number of carbonyl (C=O) groups excluding carboxylic acids is 1. The van der Waals surface area contributed by atoms with Crippen molar-refractivity contribution >= 4 is 22.8 Å². The Morgan fingerprint density at radius 1 is 1.35 bits per heavy atom. The van der Waals surface area contributed by atoms with Crippen molar-refractivity contribution in [2.75, 3.05) is 19.8 Å². The summed E-state index contributed by atoms with van der Waals surface area (Å²) < 4.78 is 5.30. The van der Waals surface area contributed by atoms with Crippen LogP contribution < -0.4 is 0 Å². The summed E-state index contributed by atoms with van der Waals surface area (Å²) in [6, 6.07) is 5.59. The van der Waals surface area contributed by atoms with Gasteiger partial charge in [0.15, 0.2) is 0 Å². The fourth-order valence-electron chi connectivity index (χ4n) is 2.93. The first-order valence-electron chi connectivity index (χ1n) is 7.64. The minimum absolute atomic E-state index is 0.0664. The first-order valence-corrected chi connectivity index (χ1v) is 7.64. The summed E-state index contributed by atoms with van der Waals surface area (Å²) in [6.45, 7) is 0.859. The molecule has 0 spiro atoms. The number of carbonyl (C=O) groups is 2. The van der Waals surface area contributed by atoms with Gasteiger partial charge in [0.05, 0.1) is 18.1 Å². The van der Waals surface area contributed by atoms with Crippen LogP contribution in [0.3, 0.4) is 0 Å². The second kappa shape index (κ2) is 6.78. The molecule has 1 amide bonds. The second-order valence-electron chi connectivity index (χ2n) is 5.73. The number of carboxylic acid groups (broad SMARTS) is 1. The van der Waals surface area contributed by atoms with E-state index >= 15 is 0 Å². The number of carboxylic acids is 1. The Balaban J connectivity index is 1.74. The molecule has 0 radical (unpaired) electrons. The molecule has 7 heteroatoms. The molecular weight excluding hydrogens is 298 g/mol. The highest BCUT2D eigenvalue weighted by molar-refractivity contribution is 5.85. The Morgan fingerprint density at radius 2 is 2.13 bits per heavy atom. The number of amides is 1. The molecular formula is C16H19N3O4. The molecule has 2 heterocycles. The number of ether oxygens (including phenoxy) is 1. The SMILES string of the molecule is O=C(O)CN(C(=O)Cc1ccc2cn[nH]c2c1)C1CCOCC1. The zero-order chi connectivity index (χ0) is 16.2. The zero-order valence-corrected chi connectivity index (χ0v) is 12.7. The summed E-state index contributed by atoms with van der Waals surface area (Å²) in [5, 5.41) is 16.9. The van der Waals surface area contributed by atoms with E-state index in [4.69, 9.17) is 9.84 Å². The molecule has 0 atom stereocenters. The highest BCUT2D eigenvalue weighted by Crippen LogP contribution is 2.18. The van der Waals surface area contributed by atoms with Crippen LogP contribution in [-0.4, -0.2) is 57.9 Å². The van der Waals surface area contributed by atoms with Crippen molar-refractivity contribution < 1.29 is 19.4 Å². The maximum Gasteiger partial charge on any atom is 0.323 e. The molecule has 1 aromatic heterocycles. The lowest BCUT2D eigenvalue weighted by atomic mass is 10.0. The van der Waals surface area contributed by atoms with Crippen LogP contribution in [0.2, 0.25) is 0 Å². The third-order valence-corrected chi connectivity index (χ3v) is 4.12. The molecule has 7 nitrogen and oxygen atoms in total. The highest BCUT2D eigenvalue weighted by Gasteiger charge is 2.27. The maximum atomic E-state index is 12.6. The van der Waals surface area contributed by atoms with Gasteiger partial charge in [-0.1, -0.05) is 12.1 Å². The van der Waals surface area contributed by atoms with Crippen molar-refractivity contribution in [1.82, 2.24) is 15.1 Å². The molecule has 2 aromatic rings. The number of fused-ring (bicyclic) bond motifs is 1. The van der Waals surface area contributed by atoms with Crippen LogP contribution in [0.4, 0.5) is 0 Å². The van der Waals surface area contributed by atoms with Crippen molar-refractivity contribution in [3.05, 3.63) is 30.0 Å². The maximum absolute atomic E-state index is 12.6. The van der Waals surface area contributed by atoms with E-state index in [2.05, 4.69) is 10.2 Å². The number of benzene rings is 1. The summed E-state index contributed by atoms with van der Waals surface area (Å²) in [7, 11) is 0. The third kappa shape index (κ3) is 3.68. The van der Waals surface area contributed by atoms with Gasteiger partial charge in [0, 0.05) is 24.6 Å². The largest absolute Gasteiger partial charge is 0.480 e. The molecule has 0 aliphatic carbocycles. The lowest BCUT2D eigenvalue weighted by molar-refractivity contribution is -0.147. The van der Waals surface area contributed by atoms with Gasteiger partial charge < -0.3 is 14.7 Å². The fraction of sp³-hybridized carbons (Fsp3) is 0.438. The first-order chi connectivity index (χ1) is 11.1. The van der Waals surface area contributed by atoms with Gasteiger partial charge in [-0.3, -0.25) is 14.7 Å². The average molecular weight is 317 g/mol. The number of hydrogen-bond acceptors (Lipinski definition) is 4. The van der Waals surface area contributed by atoms with E-state index in [0.29, 0.717) is 26.1 Å². The van der Waals surface area contributed by atoms with E-state index in [1.54, 1.807) is 6.20 Å². The lowest BCUT2D eigenvalue weighted by Crippen LogP contribution is -2.46. The van der Waals surface area contributed by atoms with Gasteiger partial charge in [0.2, 0.25) is 5.91 Å². The molecule has 2 N–H and O–H groups in total. The van der Waals surface area contributed by atoms with Crippen LogP contribution >= 0.6 is 0 Å². The number of nitrogens with zero attached hydrogens (tertiary/aromatic N) is 2. The number of aromatic nitrogens is 2. The van der Waals surface area contributed by atoms with Gasteiger partial charge in [-0.15, -0.1) is 0 Å². The first kappa shape index (κ1) is 15.5. The van der Waals surface area contributed by atoms with Gasteiger partial charge >= 0.3 is 5.97 Å². The summed E-state index contributed by atoms with van der Waals surface area (Å²) in [4.78, 5) is 25.2. The van der Waals surface area contributed by atoms with Crippen molar-refractivity contribution in [2.45, 2.75) is 25.3 Å². The minimum atomic E-state index is -0.992. The molecule has 0 saturated carbocycles. The predicted octanol–water partition coefficient (Wildman–Crippen LogP) is 1.20. The molecule has 122 valence electrons. The number of nitrogens with one attached hydrogen (secondary N) is 1. The van der Waals surface area contributed by atoms with Crippen molar-refractivity contribution in [3.63, 3.8) is 0 Å². The molecule has 1 aliphatic heterocycles.